The number of halogens is 1. The van der Waals surface area contributed by atoms with Crippen molar-refractivity contribution in [3.05, 3.63) is 33.1 Å². The van der Waals surface area contributed by atoms with Crippen LogP contribution in [0.5, 0.6) is 0 Å². The van der Waals surface area contributed by atoms with Gasteiger partial charge in [0.25, 0.3) is 0 Å². The Morgan fingerprint density at radius 2 is 2.00 bits per heavy atom. The van der Waals surface area contributed by atoms with Gasteiger partial charge in [-0.2, -0.15) is 10.9 Å². The molecule has 0 spiro atoms. The van der Waals surface area contributed by atoms with E-state index in [9.17, 15) is 9.90 Å². The standard InChI is InChI=1S/C13H15BrO2S/c1-13(2,3)17-10-5-4-9(14)6-8(10)7-11(17)12(15)16/h4-7,17H,1-3H3,(H,15,16). The molecule has 17 heavy (non-hydrogen) atoms. The summed E-state index contributed by atoms with van der Waals surface area (Å²) < 4.78 is 0.960. The van der Waals surface area contributed by atoms with Crippen molar-refractivity contribution in [1.29, 1.82) is 0 Å². The van der Waals surface area contributed by atoms with E-state index in [1.807, 2.05) is 24.3 Å². The Kier molecular flexibility index (Phi) is 3.12. The highest BCUT2D eigenvalue weighted by Crippen LogP contribution is 2.59. The molecule has 92 valence electrons. The van der Waals surface area contributed by atoms with Gasteiger partial charge in [0.15, 0.2) is 0 Å². The summed E-state index contributed by atoms with van der Waals surface area (Å²) in [6.07, 6.45) is 1.82. The molecule has 2 rings (SSSR count). The van der Waals surface area contributed by atoms with E-state index in [0.717, 1.165) is 10.0 Å². The quantitative estimate of drug-likeness (QED) is 0.767. The van der Waals surface area contributed by atoms with Gasteiger partial charge in [-0.3, -0.25) is 0 Å². The largest absolute Gasteiger partial charge is 0.477 e. The Bertz CT molecular complexity index is 515. The average Bonchev–Trinajstić information content (AvgIpc) is 2.55. The minimum atomic E-state index is -0.793. The van der Waals surface area contributed by atoms with Crippen molar-refractivity contribution in [2.75, 3.05) is 0 Å². The lowest BCUT2D eigenvalue weighted by Gasteiger charge is -2.33. The van der Waals surface area contributed by atoms with Gasteiger partial charge in [0.2, 0.25) is 0 Å². The average molecular weight is 315 g/mol. The summed E-state index contributed by atoms with van der Waals surface area (Å²) >= 11 is 3.42. The molecule has 0 bridgehead atoms. The minimum absolute atomic E-state index is 0.0291. The smallest absolute Gasteiger partial charge is 0.340 e. The first-order valence-electron chi connectivity index (χ1n) is 5.35. The zero-order chi connectivity index (χ0) is 12.8. The van der Waals surface area contributed by atoms with E-state index in [1.165, 1.54) is 4.90 Å². The Balaban J connectivity index is 2.59. The number of benzene rings is 1. The van der Waals surface area contributed by atoms with Crippen molar-refractivity contribution in [2.45, 2.75) is 30.4 Å². The third kappa shape index (κ3) is 2.29. The third-order valence-corrected chi connectivity index (χ3v) is 6.18. The van der Waals surface area contributed by atoms with Crippen LogP contribution >= 0.6 is 26.8 Å². The Morgan fingerprint density at radius 1 is 1.35 bits per heavy atom. The molecule has 4 heteroatoms. The minimum Gasteiger partial charge on any atom is -0.477 e. The van der Waals surface area contributed by atoms with Crippen LogP contribution in [0.4, 0.5) is 0 Å². The van der Waals surface area contributed by atoms with Crippen LogP contribution in [-0.2, 0) is 4.79 Å². The summed E-state index contributed by atoms with van der Waals surface area (Å²) in [7, 11) is -0.777. The maximum atomic E-state index is 11.3. The van der Waals surface area contributed by atoms with Crippen molar-refractivity contribution in [3.63, 3.8) is 0 Å². The molecule has 1 aromatic carbocycles. The van der Waals surface area contributed by atoms with Crippen LogP contribution in [0.1, 0.15) is 26.3 Å². The highest BCUT2D eigenvalue weighted by atomic mass is 79.9. The Morgan fingerprint density at radius 3 is 2.53 bits per heavy atom. The molecule has 1 heterocycles. The van der Waals surface area contributed by atoms with Gasteiger partial charge in [0, 0.05) is 4.47 Å². The lowest BCUT2D eigenvalue weighted by Crippen LogP contribution is -2.17. The molecule has 0 amide bonds. The van der Waals surface area contributed by atoms with Crippen LogP contribution in [0.25, 0.3) is 6.08 Å². The SMILES string of the molecule is CC(C)(C)[SH]1C(C(=O)O)=Cc2cc(Br)ccc21. The van der Waals surface area contributed by atoms with Gasteiger partial charge >= 0.3 is 5.97 Å². The number of aliphatic carboxylic acids is 1. The Labute approximate surface area is 112 Å². The molecular formula is C13H15BrO2S. The number of rotatable bonds is 1. The molecule has 0 radical (unpaired) electrons. The predicted molar refractivity (Wildman–Crippen MR) is 76.8 cm³/mol. The van der Waals surface area contributed by atoms with Crippen LogP contribution in [0.2, 0.25) is 0 Å². The number of fused-ring (bicyclic) bond motifs is 1. The van der Waals surface area contributed by atoms with E-state index < -0.39 is 16.9 Å². The topological polar surface area (TPSA) is 37.3 Å². The molecule has 1 atom stereocenters. The van der Waals surface area contributed by atoms with Gasteiger partial charge < -0.3 is 5.11 Å². The molecule has 0 saturated carbocycles. The summed E-state index contributed by atoms with van der Waals surface area (Å²) in [5.74, 6) is -0.793. The van der Waals surface area contributed by atoms with Crippen molar-refractivity contribution in [2.24, 2.45) is 0 Å². The van der Waals surface area contributed by atoms with Crippen molar-refractivity contribution >= 4 is 38.9 Å². The fraction of sp³-hybridized carbons (Fsp3) is 0.308. The molecule has 2 nitrogen and oxygen atoms in total. The first-order chi connectivity index (χ1) is 7.80. The van der Waals surface area contributed by atoms with Gasteiger partial charge in [-0.1, -0.05) is 36.7 Å². The molecule has 1 N–H and O–H groups in total. The Hall–Kier alpha value is -0.740. The highest BCUT2D eigenvalue weighted by molar-refractivity contribution is 9.10. The maximum absolute atomic E-state index is 11.3. The lowest BCUT2D eigenvalue weighted by atomic mass is 10.2. The normalized spacial score (nSPS) is 20.9. The van der Waals surface area contributed by atoms with Crippen LogP contribution in [-0.4, -0.2) is 15.8 Å². The second-order valence-electron chi connectivity index (χ2n) is 5.04. The van der Waals surface area contributed by atoms with E-state index in [-0.39, 0.29) is 4.75 Å². The van der Waals surface area contributed by atoms with E-state index in [1.54, 1.807) is 0 Å². The number of hydrogen-bond donors (Lipinski definition) is 2. The van der Waals surface area contributed by atoms with Crippen LogP contribution in [0, 0.1) is 0 Å². The monoisotopic (exact) mass is 314 g/mol. The molecular weight excluding hydrogens is 300 g/mol. The number of thiol groups is 1. The molecule has 0 fully saturated rings. The summed E-state index contributed by atoms with van der Waals surface area (Å²) in [5, 5.41) is 9.32. The lowest BCUT2D eigenvalue weighted by molar-refractivity contribution is -0.131. The third-order valence-electron chi connectivity index (χ3n) is 2.65. The predicted octanol–water partition coefficient (Wildman–Crippen LogP) is 4.05. The van der Waals surface area contributed by atoms with Gasteiger partial charge in [-0.05, 0) is 39.5 Å². The van der Waals surface area contributed by atoms with E-state index >= 15 is 0 Å². The summed E-state index contributed by atoms with van der Waals surface area (Å²) in [6, 6.07) is 6.02. The number of carboxylic acids is 1. The fourth-order valence-corrected chi connectivity index (χ4v) is 5.22. The summed E-state index contributed by atoms with van der Waals surface area (Å²) in [5.41, 5.74) is 1.04. The van der Waals surface area contributed by atoms with Crippen molar-refractivity contribution in [3.8, 4) is 0 Å². The second-order valence-corrected chi connectivity index (χ2v) is 8.94. The van der Waals surface area contributed by atoms with Gasteiger partial charge in [0.05, 0.1) is 4.91 Å². The van der Waals surface area contributed by atoms with Gasteiger partial charge in [-0.15, -0.1) is 0 Å². The van der Waals surface area contributed by atoms with Crippen molar-refractivity contribution < 1.29 is 9.90 Å². The van der Waals surface area contributed by atoms with Crippen LogP contribution in [0.15, 0.2) is 32.5 Å². The maximum Gasteiger partial charge on any atom is 0.340 e. The fourth-order valence-electron chi connectivity index (χ4n) is 2.07. The van der Waals surface area contributed by atoms with Gasteiger partial charge in [-0.25, -0.2) is 4.79 Å². The van der Waals surface area contributed by atoms with E-state index in [4.69, 9.17) is 0 Å². The molecule has 1 aromatic rings. The van der Waals surface area contributed by atoms with E-state index in [2.05, 4.69) is 36.7 Å². The summed E-state index contributed by atoms with van der Waals surface area (Å²) in [4.78, 5) is 13.1. The van der Waals surface area contributed by atoms with Crippen molar-refractivity contribution in [1.82, 2.24) is 0 Å². The molecule has 0 aromatic heterocycles. The number of carboxylic acid groups (broad SMARTS) is 1. The zero-order valence-electron chi connectivity index (χ0n) is 9.99. The molecule has 1 aliphatic rings. The molecule has 0 saturated heterocycles. The highest BCUT2D eigenvalue weighted by Gasteiger charge is 2.34. The van der Waals surface area contributed by atoms with E-state index in [0.29, 0.717) is 4.91 Å². The van der Waals surface area contributed by atoms with Crippen LogP contribution < -0.4 is 0 Å². The zero-order valence-corrected chi connectivity index (χ0v) is 12.5. The number of carbonyl (C=O) groups is 1. The first-order valence-corrected chi connectivity index (χ1v) is 7.49. The summed E-state index contributed by atoms with van der Waals surface area (Å²) in [6.45, 7) is 6.31. The molecule has 1 aliphatic heterocycles. The number of hydrogen-bond acceptors (Lipinski definition) is 1. The molecule has 1 unspecified atom stereocenters. The second kappa shape index (κ2) is 4.18. The van der Waals surface area contributed by atoms with Gasteiger partial charge in [0.1, 0.15) is 0 Å². The molecule has 0 aliphatic carbocycles. The first kappa shape index (κ1) is 12.7. The van der Waals surface area contributed by atoms with Crippen LogP contribution in [0.3, 0.4) is 0 Å².